The summed E-state index contributed by atoms with van der Waals surface area (Å²) in [6, 6.07) is 30.5. The van der Waals surface area contributed by atoms with Crippen molar-refractivity contribution in [1.82, 2.24) is 9.55 Å². The molecule has 0 amide bonds. The number of hydrogen-bond donors (Lipinski definition) is 0. The van der Waals surface area contributed by atoms with Crippen molar-refractivity contribution in [3.8, 4) is 0 Å². The summed E-state index contributed by atoms with van der Waals surface area (Å²) in [4.78, 5) is 15.4. The summed E-state index contributed by atoms with van der Waals surface area (Å²) in [5, 5.41) is 11.1. The molecule has 0 atom stereocenters. The molecule has 1 aromatic heterocycles. The molecule has 1 heterocycles. The molecule has 0 bridgehead atoms. The molecule has 29 heavy (non-hydrogen) atoms. The standard InChI is InChI=1S/C24H20N2O2.Li/c27-23(28)16-22-17-26(18-25-22)24(19-10-4-1-5-11-19,20-12-6-2-7-13-20)21-14-8-3-9-15-21;/h1-15,17-18H,16H2,(H,27,28);/q;+1/p-1. The quantitative estimate of drug-likeness (QED) is 0.353. The van der Waals surface area contributed by atoms with Gasteiger partial charge >= 0.3 is 18.9 Å². The molecule has 4 rings (SSSR count). The first-order chi connectivity index (χ1) is 13.7. The third kappa shape index (κ3) is 3.91. The van der Waals surface area contributed by atoms with Crippen molar-refractivity contribution in [3.63, 3.8) is 0 Å². The maximum atomic E-state index is 11.1. The van der Waals surface area contributed by atoms with E-state index in [1.54, 1.807) is 12.5 Å². The van der Waals surface area contributed by atoms with Gasteiger partial charge in [-0.25, -0.2) is 4.98 Å². The molecule has 0 N–H and O–H groups in total. The number of carboxylic acid groups (broad SMARTS) is 1. The van der Waals surface area contributed by atoms with E-state index in [2.05, 4.69) is 41.4 Å². The molecular formula is C24H19LiN2O2. The van der Waals surface area contributed by atoms with Gasteiger partial charge in [-0.05, 0) is 16.7 Å². The molecule has 0 saturated carbocycles. The number of benzene rings is 3. The first-order valence-electron chi connectivity index (χ1n) is 9.11. The van der Waals surface area contributed by atoms with Crippen molar-refractivity contribution in [3.05, 3.63) is 126 Å². The Morgan fingerprint density at radius 3 is 1.59 bits per heavy atom. The van der Waals surface area contributed by atoms with Gasteiger partial charge in [0.1, 0.15) is 5.54 Å². The minimum atomic E-state index is -1.14. The van der Waals surface area contributed by atoms with E-state index in [0.29, 0.717) is 5.69 Å². The minimum Gasteiger partial charge on any atom is -0.550 e. The van der Waals surface area contributed by atoms with Gasteiger partial charge in [0.05, 0.1) is 12.0 Å². The molecule has 0 aliphatic rings. The molecule has 0 spiro atoms. The Labute approximate surface area is 182 Å². The van der Waals surface area contributed by atoms with E-state index in [9.17, 15) is 9.90 Å². The first kappa shape index (κ1) is 20.7. The Hall–Kier alpha value is -3.06. The van der Waals surface area contributed by atoms with E-state index in [0.717, 1.165) is 16.7 Å². The molecule has 5 heteroatoms. The number of rotatable bonds is 6. The van der Waals surface area contributed by atoms with Crippen molar-refractivity contribution in [2.75, 3.05) is 0 Å². The van der Waals surface area contributed by atoms with Crippen LogP contribution in [-0.4, -0.2) is 15.5 Å². The maximum Gasteiger partial charge on any atom is 1.00 e. The van der Waals surface area contributed by atoms with Crippen LogP contribution in [-0.2, 0) is 16.8 Å². The van der Waals surface area contributed by atoms with Gasteiger partial charge in [0, 0.05) is 18.6 Å². The van der Waals surface area contributed by atoms with E-state index >= 15 is 0 Å². The summed E-state index contributed by atoms with van der Waals surface area (Å²) in [6.07, 6.45) is 3.27. The van der Waals surface area contributed by atoms with Crippen LogP contribution in [0.25, 0.3) is 0 Å². The number of aromatic nitrogens is 2. The van der Waals surface area contributed by atoms with Gasteiger partial charge in [0.15, 0.2) is 0 Å². The number of carbonyl (C=O) groups excluding carboxylic acids is 1. The maximum absolute atomic E-state index is 11.1. The monoisotopic (exact) mass is 374 g/mol. The first-order valence-corrected chi connectivity index (χ1v) is 9.11. The van der Waals surface area contributed by atoms with Crippen LogP contribution in [0.3, 0.4) is 0 Å². The summed E-state index contributed by atoms with van der Waals surface area (Å²) >= 11 is 0. The van der Waals surface area contributed by atoms with Crippen LogP contribution in [0.1, 0.15) is 22.4 Å². The van der Waals surface area contributed by atoms with E-state index in [1.807, 2.05) is 59.2 Å². The van der Waals surface area contributed by atoms with Gasteiger partial charge in [-0.3, -0.25) is 0 Å². The van der Waals surface area contributed by atoms with Crippen LogP contribution in [0.4, 0.5) is 0 Å². The summed E-state index contributed by atoms with van der Waals surface area (Å²) in [6.45, 7) is 0. The summed E-state index contributed by atoms with van der Waals surface area (Å²) < 4.78 is 1.99. The van der Waals surface area contributed by atoms with Crippen molar-refractivity contribution in [1.29, 1.82) is 0 Å². The number of nitrogens with zero attached hydrogens (tertiary/aromatic N) is 2. The van der Waals surface area contributed by atoms with E-state index in [-0.39, 0.29) is 25.3 Å². The largest absolute Gasteiger partial charge is 1.00 e. The second-order valence-electron chi connectivity index (χ2n) is 6.63. The van der Waals surface area contributed by atoms with Crippen molar-refractivity contribution in [2.24, 2.45) is 0 Å². The molecule has 4 nitrogen and oxygen atoms in total. The predicted molar refractivity (Wildman–Crippen MR) is 106 cm³/mol. The Morgan fingerprint density at radius 2 is 1.21 bits per heavy atom. The third-order valence-electron chi connectivity index (χ3n) is 4.92. The molecule has 138 valence electrons. The fourth-order valence-electron chi connectivity index (χ4n) is 3.77. The van der Waals surface area contributed by atoms with Gasteiger partial charge in [-0.2, -0.15) is 0 Å². The Bertz CT molecular complexity index is 967. The van der Waals surface area contributed by atoms with Gasteiger partial charge in [0.25, 0.3) is 0 Å². The van der Waals surface area contributed by atoms with Crippen molar-refractivity contribution in [2.45, 2.75) is 12.0 Å². The van der Waals surface area contributed by atoms with Crippen LogP contribution in [0.5, 0.6) is 0 Å². The third-order valence-corrected chi connectivity index (χ3v) is 4.92. The molecule has 0 unspecified atom stereocenters. The SMILES string of the molecule is O=C([O-])Cc1cn(C(c2ccccc2)(c2ccccc2)c2ccccc2)cn1.[Li+]. The second-order valence-corrected chi connectivity index (χ2v) is 6.63. The Morgan fingerprint density at radius 1 is 0.793 bits per heavy atom. The number of carbonyl (C=O) groups is 1. The fourth-order valence-corrected chi connectivity index (χ4v) is 3.77. The van der Waals surface area contributed by atoms with Crippen LogP contribution in [0.15, 0.2) is 104 Å². The number of imidazole rings is 1. The van der Waals surface area contributed by atoms with Crippen LogP contribution in [0.2, 0.25) is 0 Å². The van der Waals surface area contributed by atoms with Crippen LogP contribution < -0.4 is 24.0 Å². The second kappa shape index (κ2) is 8.96. The molecule has 4 aromatic rings. The van der Waals surface area contributed by atoms with E-state index < -0.39 is 11.5 Å². The zero-order valence-electron chi connectivity index (χ0n) is 16.2. The zero-order valence-corrected chi connectivity index (χ0v) is 16.2. The van der Waals surface area contributed by atoms with Crippen molar-refractivity contribution < 1.29 is 28.8 Å². The molecular weight excluding hydrogens is 355 g/mol. The Kier molecular flexibility index (Phi) is 6.38. The molecule has 0 radical (unpaired) electrons. The molecule has 0 fully saturated rings. The fraction of sp³-hybridized carbons (Fsp3) is 0.0833. The van der Waals surface area contributed by atoms with Crippen LogP contribution in [0, 0.1) is 0 Å². The summed E-state index contributed by atoms with van der Waals surface area (Å²) in [5.74, 6) is -1.14. The van der Waals surface area contributed by atoms with Gasteiger partial charge in [0.2, 0.25) is 0 Å². The number of hydrogen-bond acceptors (Lipinski definition) is 3. The number of aliphatic carboxylic acids is 1. The Balaban J connectivity index is 0.00000240. The zero-order chi connectivity index (χ0) is 19.4. The predicted octanol–water partition coefficient (Wildman–Crippen LogP) is 0.0197. The number of carboxylic acids is 1. The molecule has 3 aromatic carbocycles. The summed E-state index contributed by atoms with van der Waals surface area (Å²) in [5.41, 5.74) is 2.97. The van der Waals surface area contributed by atoms with Gasteiger partial charge in [-0.15, -0.1) is 0 Å². The topological polar surface area (TPSA) is 57.9 Å². The molecule has 0 saturated heterocycles. The van der Waals surface area contributed by atoms with E-state index in [4.69, 9.17) is 0 Å². The normalized spacial score (nSPS) is 10.9. The van der Waals surface area contributed by atoms with Gasteiger partial charge in [-0.1, -0.05) is 91.0 Å². The smallest absolute Gasteiger partial charge is 0.550 e. The summed E-state index contributed by atoms with van der Waals surface area (Å²) in [7, 11) is 0. The minimum absolute atomic E-state index is 0. The van der Waals surface area contributed by atoms with Gasteiger partial charge < -0.3 is 14.5 Å². The van der Waals surface area contributed by atoms with Crippen LogP contribution >= 0.6 is 0 Å². The average Bonchev–Trinajstić information content (AvgIpc) is 3.19. The average molecular weight is 374 g/mol. The molecule has 0 aliphatic heterocycles. The molecule has 0 aliphatic carbocycles. The van der Waals surface area contributed by atoms with E-state index in [1.165, 1.54) is 0 Å². The van der Waals surface area contributed by atoms with Crippen molar-refractivity contribution >= 4 is 5.97 Å².